The van der Waals surface area contributed by atoms with Crippen molar-refractivity contribution in [3.63, 3.8) is 0 Å². The number of rotatable bonds is 3. The molecular weight excluding hydrogens is 304 g/mol. The summed E-state index contributed by atoms with van der Waals surface area (Å²) in [4.78, 5) is 17.2. The van der Waals surface area contributed by atoms with Crippen LogP contribution in [0.2, 0.25) is 5.22 Å². The molecule has 0 atom stereocenters. The van der Waals surface area contributed by atoms with Crippen LogP contribution in [0.3, 0.4) is 0 Å². The molecular formula is C12H7ClN2O2S2. The Labute approximate surface area is 121 Å². The quantitative estimate of drug-likeness (QED) is 0.781. The summed E-state index contributed by atoms with van der Waals surface area (Å²) in [5.74, 6) is -0.197. The number of nitrogens with zero attached hydrogens (tertiary/aromatic N) is 1. The van der Waals surface area contributed by atoms with Crippen LogP contribution in [0.1, 0.15) is 10.6 Å². The largest absolute Gasteiger partial charge is 0.440 e. The number of nitrogens with one attached hydrogen (secondary N) is 1. The van der Waals surface area contributed by atoms with Crippen LogP contribution in [-0.4, -0.2) is 10.9 Å². The highest BCUT2D eigenvalue weighted by Crippen LogP contribution is 2.28. The number of thiazole rings is 1. The van der Waals surface area contributed by atoms with Gasteiger partial charge in [0, 0.05) is 5.38 Å². The van der Waals surface area contributed by atoms with E-state index in [4.69, 9.17) is 16.0 Å². The maximum absolute atomic E-state index is 11.8. The molecule has 0 aliphatic heterocycles. The Balaban J connectivity index is 1.76. The number of furan rings is 1. The van der Waals surface area contributed by atoms with Gasteiger partial charge in [0.05, 0.1) is 10.6 Å². The first-order valence-electron chi connectivity index (χ1n) is 5.28. The zero-order chi connectivity index (χ0) is 13.2. The van der Waals surface area contributed by atoms with E-state index in [0.29, 0.717) is 5.13 Å². The Morgan fingerprint density at radius 2 is 2.21 bits per heavy atom. The van der Waals surface area contributed by atoms with Crippen molar-refractivity contribution in [2.75, 3.05) is 5.32 Å². The normalized spacial score (nSPS) is 10.6. The predicted octanol–water partition coefficient (Wildman–Crippen LogP) is 4.37. The van der Waals surface area contributed by atoms with E-state index in [1.165, 1.54) is 23.5 Å². The van der Waals surface area contributed by atoms with Crippen LogP contribution in [0, 0.1) is 0 Å². The second kappa shape index (κ2) is 5.16. The molecule has 0 saturated carbocycles. The van der Waals surface area contributed by atoms with Crippen LogP contribution in [0.4, 0.5) is 5.13 Å². The summed E-state index contributed by atoms with van der Waals surface area (Å²) >= 11 is 8.59. The van der Waals surface area contributed by atoms with E-state index in [1.807, 2.05) is 22.9 Å². The summed E-state index contributed by atoms with van der Waals surface area (Å²) in [5.41, 5.74) is 0.854. The number of aromatic nitrogens is 1. The average molecular weight is 311 g/mol. The van der Waals surface area contributed by atoms with E-state index >= 15 is 0 Å². The van der Waals surface area contributed by atoms with Crippen molar-refractivity contribution in [3.05, 3.63) is 46.0 Å². The van der Waals surface area contributed by atoms with Crippen molar-refractivity contribution in [2.24, 2.45) is 0 Å². The average Bonchev–Trinajstić information content (AvgIpc) is 3.07. The van der Waals surface area contributed by atoms with E-state index in [9.17, 15) is 4.79 Å². The second-order valence-corrected chi connectivity index (χ2v) is 5.75. The van der Waals surface area contributed by atoms with Gasteiger partial charge in [-0.1, -0.05) is 6.07 Å². The lowest BCUT2D eigenvalue weighted by Gasteiger charge is -1.97. The summed E-state index contributed by atoms with van der Waals surface area (Å²) in [5, 5.41) is 7.27. The van der Waals surface area contributed by atoms with Crippen LogP contribution in [0.5, 0.6) is 0 Å². The first-order valence-corrected chi connectivity index (χ1v) is 7.42. The van der Waals surface area contributed by atoms with Gasteiger partial charge in [-0.15, -0.1) is 22.7 Å². The van der Waals surface area contributed by atoms with E-state index in [0.717, 1.165) is 10.6 Å². The zero-order valence-corrected chi connectivity index (χ0v) is 11.8. The van der Waals surface area contributed by atoms with Gasteiger partial charge in [0.25, 0.3) is 5.91 Å². The summed E-state index contributed by atoms with van der Waals surface area (Å²) < 4.78 is 5.03. The lowest BCUT2D eigenvalue weighted by Crippen LogP contribution is -2.10. The predicted molar refractivity (Wildman–Crippen MR) is 77.1 cm³/mol. The molecule has 3 aromatic rings. The first kappa shape index (κ1) is 12.4. The minimum absolute atomic E-state index is 0.165. The molecule has 0 saturated heterocycles. The van der Waals surface area contributed by atoms with E-state index in [-0.39, 0.29) is 16.9 Å². The molecule has 0 spiro atoms. The molecule has 3 aromatic heterocycles. The van der Waals surface area contributed by atoms with Crippen molar-refractivity contribution in [3.8, 4) is 10.6 Å². The molecule has 0 unspecified atom stereocenters. The summed E-state index contributed by atoms with van der Waals surface area (Å²) in [6.07, 6.45) is 0. The number of anilines is 1. The molecule has 4 nitrogen and oxygen atoms in total. The molecule has 0 fully saturated rings. The number of carbonyl (C=O) groups excluding carboxylic acids is 1. The minimum Gasteiger partial charge on any atom is -0.440 e. The molecule has 1 amide bonds. The smallest absolute Gasteiger partial charge is 0.293 e. The summed E-state index contributed by atoms with van der Waals surface area (Å²) in [6, 6.07) is 6.99. The number of amides is 1. The Morgan fingerprint density at radius 3 is 2.89 bits per heavy atom. The van der Waals surface area contributed by atoms with E-state index < -0.39 is 0 Å². The lowest BCUT2D eigenvalue weighted by molar-refractivity contribution is 0.0997. The molecule has 0 aliphatic carbocycles. The molecule has 96 valence electrons. The zero-order valence-electron chi connectivity index (χ0n) is 9.42. The topological polar surface area (TPSA) is 55.1 Å². The maximum Gasteiger partial charge on any atom is 0.293 e. The van der Waals surface area contributed by atoms with Gasteiger partial charge in [-0.3, -0.25) is 10.1 Å². The van der Waals surface area contributed by atoms with Crippen LogP contribution < -0.4 is 5.32 Å². The molecule has 7 heteroatoms. The van der Waals surface area contributed by atoms with Gasteiger partial charge in [-0.05, 0) is 35.2 Å². The molecule has 0 aliphatic rings. The number of thiophene rings is 1. The van der Waals surface area contributed by atoms with Crippen molar-refractivity contribution in [2.45, 2.75) is 0 Å². The number of hydrogen-bond acceptors (Lipinski definition) is 5. The third-order valence-electron chi connectivity index (χ3n) is 2.30. The SMILES string of the molecule is O=C(Nc1nc(-c2cccs2)cs1)c1ccc(Cl)o1. The Hall–Kier alpha value is -1.63. The van der Waals surface area contributed by atoms with Gasteiger partial charge in [-0.25, -0.2) is 4.98 Å². The number of carbonyl (C=O) groups is 1. The molecule has 19 heavy (non-hydrogen) atoms. The van der Waals surface area contributed by atoms with Crippen molar-refractivity contribution >= 4 is 45.3 Å². The summed E-state index contributed by atoms with van der Waals surface area (Å²) in [6.45, 7) is 0. The van der Waals surface area contributed by atoms with Crippen LogP contribution in [0.25, 0.3) is 10.6 Å². The monoisotopic (exact) mass is 310 g/mol. The van der Waals surface area contributed by atoms with Crippen LogP contribution in [-0.2, 0) is 0 Å². The highest BCUT2D eigenvalue weighted by Gasteiger charge is 2.13. The lowest BCUT2D eigenvalue weighted by atomic mass is 10.4. The Bertz CT molecular complexity index is 703. The molecule has 3 heterocycles. The van der Waals surface area contributed by atoms with Gasteiger partial charge in [0.2, 0.25) is 0 Å². The van der Waals surface area contributed by atoms with E-state index in [1.54, 1.807) is 11.3 Å². The minimum atomic E-state index is -0.362. The van der Waals surface area contributed by atoms with E-state index in [2.05, 4.69) is 10.3 Å². The van der Waals surface area contributed by atoms with Gasteiger partial charge in [-0.2, -0.15) is 0 Å². The molecule has 3 rings (SSSR count). The van der Waals surface area contributed by atoms with Gasteiger partial charge < -0.3 is 4.42 Å². The standard InChI is InChI=1S/C12H7ClN2O2S2/c13-10-4-3-8(17-10)11(16)15-12-14-7(6-19-12)9-2-1-5-18-9/h1-6H,(H,14,15,16). The third-order valence-corrected chi connectivity index (χ3v) is 4.15. The highest BCUT2D eigenvalue weighted by molar-refractivity contribution is 7.16. The fraction of sp³-hybridized carbons (Fsp3) is 0. The molecule has 0 bridgehead atoms. The van der Waals surface area contributed by atoms with Crippen molar-refractivity contribution < 1.29 is 9.21 Å². The van der Waals surface area contributed by atoms with Crippen molar-refractivity contribution in [1.29, 1.82) is 0 Å². The second-order valence-electron chi connectivity index (χ2n) is 3.57. The van der Waals surface area contributed by atoms with Crippen LogP contribution >= 0.6 is 34.3 Å². The number of hydrogen-bond donors (Lipinski definition) is 1. The fourth-order valence-corrected chi connectivity index (χ4v) is 3.08. The molecule has 0 aromatic carbocycles. The number of halogens is 1. The summed E-state index contributed by atoms with van der Waals surface area (Å²) in [7, 11) is 0. The Kier molecular flexibility index (Phi) is 3.37. The fourth-order valence-electron chi connectivity index (χ4n) is 1.46. The van der Waals surface area contributed by atoms with Gasteiger partial charge >= 0.3 is 0 Å². The third kappa shape index (κ3) is 2.70. The maximum atomic E-state index is 11.8. The van der Waals surface area contributed by atoms with Crippen molar-refractivity contribution in [1.82, 2.24) is 4.98 Å². The van der Waals surface area contributed by atoms with Gasteiger partial charge in [0.15, 0.2) is 16.1 Å². The first-order chi connectivity index (χ1) is 9.22. The molecule has 1 N–H and O–H groups in total. The molecule has 0 radical (unpaired) electrons. The van der Waals surface area contributed by atoms with Gasteiger partial charge in [0.1, 0.15) is 0 Å². The Morgan fingerprint density at radius 1 is 1.32 bits per heavy atom. The highest BCUT2D eigenvalue weighted by atomic mass is 35.5. The van der Waals surface area contributed by atoms with Crippen LogP contribution in [0.15, 0.2) is 39.4 Å².